The molecule has 2 aliphatic heterocycles. The normalized spacial score (nSPS) is 24.9. The van der Waals surface area contributed by atoms with Gasteiger partial charge in [0.15, 0.2) is 5.78 Å². The molecule has 1 aromatic carbocycles. The summed E-state index contributed by atoms with van der Waals surface area (Å²) >= 11 is 3.23. The van der Waals surface area contributed by atoms with E-state index in [9.17, 15) is 14.9 Å². The quantitative estimate of drug-likeness (QED) is 0.587. The fraction of sp³-hybridized carbons (Fsp3) is 0.533. The zero-order valence-electron chi connectivity index (χ0n) is 12.7. The predicted molar refractivity (Wildman–Crippen MR) is 86.0 cm³/mol. The number of benzene rings is 1. The van der Waals surface area contributed by atoms with Crippen LogP contribution in [0.2, 0.25) is 0 Å². The van der Waals surface area contributed by atoms with Gasteiger partial charge in [-0.25, -0.2) is 0 Å². The van der Waals surface area contributed by atoms with Crippen LogP contribution in [0, 0.1) is 15.5 Å². The lowest BCUT2D eigenvalue weighted by Gasteiger charge is -2.38. The minimum atomic E-state index is -0.723. The highest BCUT2D eigenvalue weighted by molar-refractivity contribution is 9.10. The van der Waals surface area contributed by atoms with E-state index in [-0.39, 0.29) is 29.4 Å². The van der Waals surface area contributed by atoms with Crippen LogP contribution in [0.3, 0.4) is 0 Å². The van der Waals surface area contributed by atoms with Gasteiger partial charge in [-0.1, -0.05) is 15.9 Å². The molecule has 2 aliphatic rings. The van der Waals surface area contributed by atoms with Gasteiger partial charge in [-0.3, -0.25) is 19.8 Å². The van der Waals surface area contributed by atoms with Gasteiger partial charge in [-0.05, 0) is 13.0 Å². The zero-order valence-corrected chi connectivity index (χ0v) is 14.3. The lowest BCUT2D eigenvalue weighted by atomic mass is 9.80. The van der Waals surface area contributed by atoms with E-state index in [2.05, 4.69) is 20.8 Å². The Morgan fingerprint density at radius 2 is 2.09 bits per heavy atom. The van der Waals surface area contributed by atoms with E-state index in [1.807, 2.05) is 6.92 Å². The number of morpholine rings is 1. The number of nitro benzene ring substituents is 1. The third-order valence-electron chi connectivity index (χ3n) is 4.23. The van der Waals surface area contributed by atoms with Gasteiger partial charge in [0.1, 0.15) is 6.61 Å². The molecule has 0 aliphatic carbocycles. The molecule has 1 unspecified atom stereocenters. The number of Topliss-reactive ketones (excluding diaryl/α,β-unsaturated/α-hetero) is 1. The molecule has 3 rings (SSSR count). The van der Waals surface area contributed by atoms with E-state index >= 15 is 0 Å². The molecule has 0 aromatic heterocycles. The van der Waals surface area contributed by atoms with Crippen molar-refractivity contribution in [1.82, 2.24) is 4.90 Å². The Morgan fingerprint density at radius 1 is 1.39 bits per heavy atom. The Kier molecular flexibility index (Phi) is 4.39. The molecule has 23 heavy (non-hydrogen) atoms. The van der Waals surface area contributed by atoms with E-state index in [4.69, 9.17) is 9.47 Å². The molecule has 1 atom stereocenters. The first-order valence-electron chi connectivity index (χ1n) is 7.36. The van der Waals surface area contributed by atoms with Gasteiger partial charge in [-0.15, -0.1) is 0 Å². The van der Waals surface area contributed by atoms with Gasteiger partial charge in [0, 0.05) is 30.2 Å². The number of nitrogens with zero attached hydrogens (tertiary/aromatic N) is 2. The van der Waals surface area contributed by atoms with Crippen molar-refractivity contribution in [3.8, 4) is 5.75 Å². The molecule has 0 spiro atoms. The van der Waals surface area contributed by atoms with Crippen LogP contribution in [0.1, 0.15) is 17.3 Å². The largest absolute Gasteiger partial charge is 0.485 e. The van der Waals surface area contributed by atoms with Gasteiger partial charge in [-0.2, -0.15) is 0 Å². The van der Waals surface area contributed by atoms with Crippen molar-refractivity contribution in [2.45, 2.75) is 6.92 Å². The maximum Gasteiger partial charge on any atom is 0.312 e. The number of ether oxygens (including phenoxy) is 2. The number of nitro groups is 1. The summed E-state index contributed by atoms with van der Waals surface area (Å²) in [6.45, 7) is 5.38. The molecule has 0 bridgehead atoms. The van der Waals surface area contributed by atoms with Gasteiger partial charge in [0.2, 0.25) is 5.75 Å². The Morgan fingerprint density at radius 3 is 2.74 bits per heavy atom. The second kappa shape index (κ2) is 6.18. The lowest BCUT2D eigenvalue weighted by Crippen LogP contribution is -2.50. The second-order valence-electron chi connectivity index (χ2n) is 6.13. The number of fused-ring (bicyclic) bond motifs is 1. The number of halogens is 1. The van der Waals surface area contributed by atoms with E-state index in [1.54, 1.807) is 6.07 Å². The molecule has 0 saturated carbocycles. The van der Waals surface area contributed by atoms with Gasteiger partial charge >= 0.3 is 5.69 Å². The van der Waals surface area contributed by atoms with Crippen molar-refractivity contribution >= 4 is 27.4 Å². The molecule has 1 saturated heterocycles. The van der Waals surface area contributed by atoms with Gasteiger partial charge < -0.3 is 9.47 Å². The molecule has 1 fully saturated rings. The molecular formula is C15H17BrN2O5. The van der Waals surface area contributed by atoms with E-state index in [0.717, 1.165) is 13.1 Å². The molecule has 8 heteroatoms. The third kappa shape index (κ3) is 3.11. The summed E-state index contributed by atoms with van der Waals surface area (Å²) in [4.78, 5) is 25.8. The van der Waals surface area contributed by atoms with E-state index in [1.165, 1.54) is 6.07 Å². The second-order valence-corrected chi connectivity index (χ2v) is 7.04. The van der Waals surface area contributed by atoms with Crippen molar-refractivity contribution in [2.24, 2.45) is 5.41 Å². The molecule has 1 aromatic rings. The predicted octanol–water partition coefficient (Wildman–Crippen LogP) is 2.27. The number of ketones is 1. The van der Waals surface area contributed by atoms with Gasteiger partial charge in [0.05, 0.1) is 29.1 Å². The number of carbonyl (C=O) groups is 1. The number of rotatable bonds is 3. The molecule has 0 N–H and O–H groups in total. The highest BCUT2D eigenvalue weighted by Crippen LogP contribution is 2.42. The summed E-state index contributed by atoms with van der Waals surface area (Å²) in [5, 5.41) is 11.2. The first kappa shape index (κ1) is 16.4. The van der Waals surface area contributed by atoms with Crippen LogP contribution in [-0.2, 0) is 4.74 Å². The maximum absolute atomic E-state index is 13.0. The number of hydrogen-bond donors (Lipinski definition) is 0. The topological polar surface area (TPSA) is 81.9 Å². The fourth-order valence-electron chi connectivity index (χ4n) is 3.03. The van der Waals surface area contributed by atoms with Crippen LogP contribution < -0.4 is 4.74 Å². The smallest absolute Gasteiger partial charge is 0.312 e. The average Bonchev–Trinajstić information content (AvgIpc) is 2.52. The average molecular weight is 385 g/mol. The Labute approximate surface area is 141 Å². The Bertz CT molecular complexity index is 660. The molecule has 0 radical (unpaired) electrons. The lowest BCUT2D eigenvalue weighted by molar-refractivity contribution is -0.386. The van der Waals surface area contributed by atoms with Crippen molar-refractivity contribution in [1.29, 1.82) is 0 Å². The van der Waals surface area contributed by atoms with Crippen molar-refractivity contribution in [3.05, 3.63) is 32.3 Å². The molecular weight excluding hydrogens is 368 g/mol. The van der Waals surface area contributed by atoms with Crippen LogP contribution in [0.5, 0.6) is 5.75 Å². The van der Waals surface area contributed by atoms with Crippen molar-refractivity contribution in [3.63, 3.8) is 0 Å². The summed E-state index contributed by atoms with van der Waals surface area (Å²) in [5.41, 5.74) is -0.636. The SMILES string of the molecule is CC1(CN2CCOCC2)COc2c(cc(Br)cc2[N+](=O)[O-])C1=O. The maximum atomic E-state index is 13.0. The Balaban J connectivity index is 1.92. The van der Waals surface area contributed by atoms with Crippen LogP contribution >= 0.6 is 15.9 Å². The van der Waals surface area contributed by atoms with Crippen molar-refractivity contribution < 1.29 is 19.2 Å². The molecule has 0 amide bonds. The number of hydrogen-bond acceptors (Lipinski definition) is 6. The highest BCUT2D eigenvalue weighted by atomic mass is 79.9. The first-order valence-corrected chi connectivity index (χ1v) is 8.16. The summed E-state index contributed by atoms with van der Waals surface area (Å²) in [6, 6.07) is 2.96. The third-order valence-corrected chi connectivity index (χ3v) is 4.69. The first-order chi connectivity index (χ1) is 10.9. The summed E-state index contributed by atoms with van der Waals surface area (Å²) < 4.78 is 11.5. The minimum Gasteiger partial charge on any atom is -0.485 e. The molecule has 7 nitrogen and oxygen atoms in total. The van der Waals surface area contributed by atoms with Crippen molar-refractivity contribution in [2.75, 3.05) is 39.5 Å². The van der Waals surface area contributed by atoms with Gasteiger partial charge in [0.25, 0.3) is 0 Å². The molecule has 124 valence electrons. The summed E-state index contributed by atoms with van der Waals surface area (Å²) in [5.74, 6) is -0.0442. The standard InChI is InChI=1S/C15H17BrN2O5/c1-15(8-17-2-4-22-5-3-17)9-23-13-11(14(15)19)6-10(16)7-12(13)18(20)21/h6-7H,2-5,8-9H2,1H3. The zero-order chi connectivity index (χ0) is 16.6. The fourth-order valence-corrected chi connectivity index (χ4v) is 3.47. The number of carbonyl (C=O) groups excluding carboxylic acids is 1. The van der Waals surface area contributed by atoms with E-state index < -0.39 is 10.3 Å². The van der Waals surface area contributed by atoms with Crippen LogP contribution in [0.15, 0.2) is 16.6 Å². The van der Waals surface area contributed by atoms with Crippen LogP contribution in [-0.4, -0.2) is 55.1 Å². The minimum absolute atomic E-state index is 0.0719. The van der Waals surface area contributed by atoms with Crippen LogP contribution in [0.25, 0.3) is 0 Å². The summed E-state index contributed by atoms with van der Waals surface area (Å²) in [6.07, 6.45) is 0. The summed E-state index contributed by atoms with van der Waals surface area (Å²) in [7, 11) is 0. The van der Waals surface area contributed by atoms with Crippen LogP contribution in [0.4, 0.5) is 5.69 Å². The Hall–Kier alpha value is -1.51. The molecule has 2 heterocycles. The van der Waals surface area contributed by atoms with E-state index in [0.29, 0.717) is 24.2 Å². The highest BCUT2D eigenvalue weighted by Gasteiger charge is 2.44. The monoisotopic (exact) mass is 384 g/mol.